The van der Waals surface area contributed by atoms with Gasteiger partial charge >= 0.3 is 0 Å². The van der Waals surface area contributed by atoms with Crippen LogP contribution in [0.4, 0.5) is 5.69 Å². The Morgan fingerprint density at radius 2 is 1.78 bits per heavy atom. The maximum Gasteiger partial charge on any atom is 0.119 e. The van der Waals surface area contributed by atoms with Gasteiger partial charge in [0.05, 0.1) is 0 Å². The molecular formula is C19H24N2OS. The lowest BCUT2D eigenvalue weighted by Crippen LogP contribution is -2.27. The van der Waals surface area contributed by atoms with E-state index < -0.39 is 0 Å². The first-order valence-corrected chi connectivity index (χ1v) is 9.15. The number of likely N-dealkylation sites (N-methyl/N-ethyl adjacent to an activating group) is 1. The van der Waals surface area contributed by atoms with Gasteiger partial charge in [-0.15, -0.1) is 0 Å². The molecule has 1 N–H and O–H groups in total. The van der Waals surface area contributed by atoms with E-state index in [0.29, 0.717) is 0 Å². The van der Waals surface area contributed by atoms with Gasteiger partial charge in [0.1, 0.15) is 17.7 Å². The van der Waals surface area contributed by atoms with Crippen LogP contribution in [-0.2, 0) is 0 Å². The predicted octanol–water partition coefficient (Wildman–Crippen LogP) is 4.62. The number of fused-ring (bicyclic) bond motifs is 1. The van der Waals surface area contributed by atoms with Crippen LogP contribution >= 0.6 is 11.8 Å². The molecule has 0 radical (unpaired) electrons. The zero-order chi connectivity index (χ0) is 16.1. The first-order valence-electron chi connectivity index (χ1n) is 8.27. The quantitative estimate of drug-likeness (QED) is 0.801. The van der Waals surface area contributed by atoms with E-state index in [1.54, 1.807) is 0 Å². The molecule has 0 aromatic heterocycles. The van der Waals surface area contributed by atoms with Gasteiger partial charge in [0.2, 0.25) is 0 Å². The minimum atomic E-state index is 0.289. The third-order valence-corrected chi connectivity index (χ3v) is 5.41. The van der Waals surface area contributed by atoms with Gasteiger partial charge < -0.3 is 15.0 Å². The number of nitrogens with zero attached hydrogens (tertiary/aromatic N) is 1. The number of hydrogen-bond donors (Lipinski definition) is 1. The molecule has 0 bridgehead atoms. The summed E-state index contributed by atoms with van der Waals surface area (Å²) in [6.45, 7) is 8.23. The number of thioether (sulfide) groups is 1. The Morgan fingerprint density at radius 1 is 1.04 bits per heavy atom. The summed E-state index contributed by atoms with van der Waals surface area (Å²) >= 11 is 1.86. The third kappa shape index (κ3) is 4.01. The molecule has 0 fully saturated rings. The van der Waals surface area contributed by atoms with Crippen molar-refractivity contribution in [3.63, 3.8) is 0 Å². The maximum absolute atomic E-state index is 5.85. The third-order valence-electron chi connectivity index (χ3n) is 4.17. The molecule has 2 aromatic carbocycles. The number of ether oxygens (including phenoxy) is 1. The normalized spacial score (nSPS) is 16.2. The maximum atomic E-state index is 5.85. The molecule has 1 heterocycles. The van der Waals surface area contributed by atoms with Crippen molar-refractivity contribution in [2.75, 3.05) is 31.6 Å². The Morgan fingerprint density at radius 3 is 2.48 bits per heavy atom. The summed E-state index contributed by atoms with van der Waals surface area (Å²) in [6.07, 6.45) is 0. The molecule has 3 rings (SSSR count). The van der Waals surface area contributed by atoms with Gasteiger partial charge in [0, 0.05) is 17.1 Å². The Bertz CT molecular complexity index is 601. The molecule has 1 aliphatic rings. The fourth-order valence-electron chi connectivity index (χ4n) is 2.71. The molecule has 23 heavy (non-hydrogen) atoms. The Labute approximate surface area is 143 Å². The topological polar surface area (TPSA) is 24.5 Å². The highest BCUT2D eigenvalue weighted by molar-refractivity contribution is 8.00. The molecule has 4 heteroatoms. The van der Waals surface area contributed by atoms with Gasteiger partial charge in [0.25, 0.3) is 0 Å². The summed E-state index contributed by atoms with van der Waals surface area (Å²) in [5.74, 6) is 0.946. The molecule has 0 amide bonds. The minimum absolute atomic E-state index is 0.289. The number of nitrogens with one attached hydrogen (secondary N) is 1. The molecule has 3 nitrogen and oxygen atoms in total. The van der Waals surface area contributed by atoms with Crippen LogP contribution in [-0.4, -0.2) is 31.1 Å². The van der Waals surface area contributed by atoms with E-state index in [1.165, 1.54) is 16.1 Å². The fraction of sp³-hybridized carbons (Fsp3) is 0.368. The second-order valence-electron chi connectivity index (χ2n) is 5.58. The highest BCUT2D eigenvalue weighted by Gasteiger charge is 2.22. The van der Waals surface area contributed by atoms with E-state index >= 15 is 0 Å². The second-order valence-corrected chi connectivity index (χ2v) is 6.73. The standard InChI is InChI=1S/C19H24N2OS/c1-3-21(4-2)13-14-22-16-11-9-15(10-12-16)19-20-17-7-5-6-8-18(17)23-19/h5-12,19-20H,3-4,13-14H2,1-2H3/t19-/m0/s1. The molecular weight excluding hydrogens is 304 g/mol. The van der Waals surface area contributed by atoms with Crippen molar-refractivity contribution in [1.29, 1.82) is 0 Å². The first kappa shape index (κ1) is 16.2. The van der Waals surface area contributed by atoms with E-state index in [0.717, 1.165) is 32.0 Å². The van der Waals surface area contributed by atoms with E-state index in [2.05, 4.69) is 72.6 Å². The first-order chi connectivity index (χ1) is 11.3. The van der Waals surface area contributed by atoms with Gasteiger partial charge in [-0.2, -0.15) is 0 Å². The summed E-state index contributed by atoms with van der Waals surface area (Å²) in [7, 11) is 0. The molecule has 1 atom stereocenters. The van der Waals surface area contributed by atoms with Crippen LogP contribution in [0.2, 0.25) is 0 Å². The summed E-state index contributed by atoms with van der Waals surface area (Å²) < 4.78 is 5.85. The highest BCUT2D eigenvalue weighted by Crippen LogP contribution is 2.46. The molecule has 0 aliphatic carbocycles. The van der Waals surface area contributed by atoms with Crippen LogP contribution in [0.3, 0.4) is 0 Å². The molecule has 1 aliphatic heterocycles. The van der Waals surface area contributed by atoms with Crippen molar-refractivity contribution in [1.82, 2.24) is 4.90 Å². The molecule has 2 aromatic rings. The SMILES string of the molecule is CCN(CC)CCOc1ccc([C@H]2Nc3ccccc3S2)cc1. The van der Waals surface area contributed by atoms with Gasteiger partial charge in [-0.1, -0.05) is 49.9 Å². The van der Waals surface area contributed by atoms with Crippen LogP contribution < -0.4 is 10.1 Å². The van der Waals surface area contributed by atoms with Crippen LogP contribution in [0.5, 0.6) is 5.75 Å². The number of benzene rings is 2. The van der Waals surface area contributed by atoms with E-state index in [4.69, 9.17) is 4.74 Å². The number of para-hydroxylation sites is 1. The molecule has 0 saturated heterocycles. The number of rotatable bonds is 7. The van der Waals surface area contributed by atoms with E-state index in [-0.39, 0.29) is 5.37 Å². The summed E-state index contributed by atoms with van der Waals surface area (Å²) in [4.78, 5) is 3.68. The fourth-order valence-corrected chi connectivity index (χ4v) is 3.85. The van der Waals surface area contributed by atoms with Gasteiger partial charge in [0.15, 0.2) is 0 Å². The zero-order valence-electron chi connectivity index (χ0n) is 13.8. The lowest BCUT2D eigenvalue weighted by Gasteiger charge is -2.18. The highest BCUT2D eigenvalue weighted by atomic mass is 32.2. The monoisotopic (exact) mass is 328 g/mol. The smallest absolute Gasteiger partial charge is 0.119 e. The van der Waals surface area contributed by atoms with Crippen molar-refractivity contribution in [3.8, 4) is 5.75 Å². The minimum Gasteiger partial charge on any atom is -0.492 e. The predicted molar refractivity (Wildman–Crippen MR) is 98.4 cm³/mol. The largest absolute Gasteiger partial charge is 0.492 e. The van der Waals surface area contributed by atoms with Gasteiger partial charge in [-0.3, -0.25) is 0 Å². The van der Waals surface area contributed by atoms with Crippen molar-refractivity contribution >= 4 is 17.4 Å². The summed E-state index contributed by atoms with van der Waals surface area (Å²) in [6, 6.07) is 16.9. The van der Waals surface area contributed by atoms with Gasteiger partial charge in [-0.05, 0) is 42.9 Å². The van der Waals surface area contributed by atoms with Crippen molar-refractivity contribution in [2.24, 2.45) is 0 Å². The Balaban J connectivity index is 1.54. The van der Waals surface area contributed by atoms with Crippen molar-refractivity contribution < 1.29 is 4.74 Å². The summed E-state index contributed by atoms with van der Waals surface area (Å²) in [5, 5.41) is 3.85. The van der Waals surface area contributed by atoms with Crippen molar-refractivity contribution in [3.05, 3.63) is 54.1 Å². The Kier molecular flexibility index (Phi) is 5.47. The molecule has 0 saturated carbocycles. The number of hydrogen-bond acceptors (Lipinski definition) is 4. The van der Waals surface area contributed by atoms with E-state index in [1.807, 2.05) is 11.8 Å². The van der Waals surface area contributed by atoms with E-state index in [9.17, 15) is 0 Å². The average molecular weight is 328 g/mol. The van der Waals surface area contributed by atoms with Crippen LogP contribution in [0.25, 0.3) is 0 Å². The van der Waals surface area contributed by atoms with Crippen molar-refractivity contribution in [2.45, 2.75) is 24.1 Å². The average Bonchev–Trinajstić information content (AvgIpc) is 3.03. The summed E-state index contributed by atoms with van der Waals surface area (Å²) in [5.41, 5.74) is 2.50. The Hall–Kier alpha value is -1.65. The zero-order valence-corrected chi connectivity index (χ0v) is 14.6. The second kappa shape index (κ2) is 7.75. The van der Waals surface area contributed by atoms with Crippen LogP contribution in [0.15, 0.2) is 53.4 Å². The lowest BCUT2D eigenvalue weighted by molar-refractivity contribution is 0.223. The van der Waals surface area contributed by atoms with Gasteiger partial charge in [-0.25, -0.2) is 0 Å². The lowest BCUT2D eigenvalue weighted by atomic mass is 10.2. The number of anilines is 1. The molecule has 0 spiro atoms. The van der Waals surface area contributed by atoms with Crippen LogP contribution in [0.1, 0.15) is 24.8 Å². The molecule has 0 unspecified atom stereocenters. The van der Waals surface area contributed by atoms with Crippen LogP contribution in [0, 0.1) is 0 Å². The molecule has 122 valence electrons.